The third-order valence-electron chi connectivity index (χ3n) is 4.84. The first kappa shape index (κ1) is 21.3. The summed E-state index contributed by atoms with van der Waals surface area (Å²) in [5.41, 5.74) is 4.30. The van der Waals surface area contributed by atoms with Gasteiger partial charge in [-0.1, -0.05) is 26.0 Å². The molecule has 8 nitrogen and oxygen atoms in total. The summed E-state index contributed by atoms with van der Waals surface area (Å²) in [7, 11) is 0. The summed E-state index contributed by atoms with van der Waals surface area (Å²) in [6.45, 7) is 7.47. The monoisotopic (exact) mass is 433 g/mol. The second-order valence-corrected chi connectivity index (χ2v) is 7.83. The Bertz CT molecular complexity index is 1300. The van der Waals surface area contributed by atoms with Crippen LogP contribution in [0.15, 0.2) is 47.0 Å². The molecule has 0 saturated heterocycles. The van der Waals surface area contributed by atoms with Gasteiger partial charge in [0.15, 0.2) is 6.61 Å². The standard InChI is InChI=1S/C24H23N3O5/c1-13(2)18-10-16(9-15(4)21(18)30-12-20(28)29)22-26-19-11-25-24(27-23(19)32-22)31-17-7-5-6-14(3)8-17/h5-11,13H,12H2,1-4H3,(H,28,29). The maximum atomic E-state index is 10.9. The SMILES string of the molecule is Cc1cccc(Oc2ncc3nc(-c4cc(C)c(OCC(=O)O)c(C(C)C)c4)oc3n2)c1. The number of carboxylic acids is 1. The van der Waals surface area contributed by atoms with Crippen molar-refractivity contribution in [3.05, 3.63) is 59.3 Å². The molecule has 0 saturated carbocycles. The minimum absolute atomic E-state index is 0.107. The van der Waals surface area contributed by atoms with Gasteiger partial charge in [0.1, 0.15) is 17.0 Å². The normalized spacial score (nSPS) is 11.2. The highest BCUT2D eigenvalue weighted by atomic mass is 16.5. The number of carbonyl (C=O) groups is 1. The fourth-order valence-corrected chi connectivity index (χ4v) is 3.36. The van der Waals surface area contributed by atoms with Crippen LogP contribution in [-0.2, 0) is 4.79 Å². The van der Waals surface area contributed by atoms with Crippen LogP contribution in [0.1, 0.15) is 36.5 Å². The molecular formula is C24H23N3O5. The Hall–Kier alpha value is -3.94. The molecule has 0 amide bonds. The highest BCUT2D eigenvalue weighted by molar-refractivity contribution is 5.73. The summed E-state index contributed by atoms with van der Waals surface area (Å²) >= 11 is 0. The predicted octanol–water partition coefficient (Wildman–Crippen LogP) is 5.28. The van der Waals surface area contributed by atoms with E-state index in [0.717, 1.165) is 22.3 Å². The lowest BCUT2D eigenvalue weighted by atomic mass is 9.96. The summed E-state index contributed by atoms with van der Waals surface area (Å²) in [4.78, 5) is 24.0. The number of hydrogen-bond donors (Lipinski definition) is 1. The summed E-state index contributed by atoms with van der Waals surface area (Å²) in [5, 5.41) is 8.96. The number of aliphatic carboxylic acids is 1. The maximum Gasteiger partial charge on any atom is 0.341 e. The van der Waals surface area contributed by atoms with Gasteiger partial charge in [-0.3, -0.25) is 0 Å². The number of benzene rings is 2. The van der Waals surface area contributed by atoms with Gasteiger partial charge in [-0.25, -0.2) is 14.8 Å². The summed E-state index contributed by atoms with van der Waals surface area (Å²) in [6, 6.07) is 11.5. The van der Waals surface area contributed by atoms with E-state index in [0.29, 0.717) is 28.6 Å². The molecule has 0 fully saturated rings. The van der Waals surface area contributed by atoms with Crippen LogP contribution in [0.3, 0.4) is 0 Å². The fraction of sp³-hybridized carbons (Fsp3) is 0.250. The average molecular weight is 433 g/mol. The Morgan fingerprint density at radius 1 is 1.16 bits per heavy atom. The molecule has 4 rings (SSSR count). The molecule has 0 radical (unpaired) electrons. The van der Waals surface area contributed by atoms with Gasteiger partial charge in [0.2, 0.25) is 5.89 Å². The average Bonchev–Trinajstić information content (AvgIpc) is 3.15. The number of carboxylic acid groups (broad SMARTS) is 1. The van der Waals surface area contributed by atoms with Gasteiger partial charge >= 0.3 is 12.0 Å². The molecule has 0 unspecified atom stereocenters. The fourth-order valence-electron chi connectivity index (χ4n) is 3.36. The van der Waals surface area contributed by atoms with Crippen molar-refractivity contribution in [3.63, 3.8) is 0 Å². The van der Waals surface area contributed by atoms with Gasteiger partial charge in [-0.2, -0.15) is 4.98 Å². The maximum absolute atomic E-state index is 10.9. The molecule has 0 atom stereocenters. The van der Waals surface area contributed by atoms with Crippen LogP contribution in [0.2, 0.25) is 0 Å². The summed E-state index contributed by atoms with van der Waals surface area (Å²) in [6.07, 6.45) is 1.56. The van der Waals surface area contributed by atoms with Crippen molar-refractivity contribution in [2.45, 2.75) is 33.6 Å². The molecule has 2 aromatic heterocycles. The summed E-state index contributed by atoms with van der Waals surface area (Å²) in [5.74, 6) is 0.672. The Kier molecular flexibility index (Phi) is 5.77. The van der Waals surface area contributed by atoms with E-state index in [9.17, 15) is 4.79 Å². The van der Waals surface area contributed by atoms with Gasteiger partial charge in [0, 0.05) is 5.56 Å². The van der Waals surface area contributed by atoms with Gasteiger partial charge < -0.3 is 19.0 Å². The molecule has 0 aliphatic carbocycles. The summed E-state index contributed by atoms with van der Waals surface area (Å²) < 4.78 is 17.2. The van der Waals surface area contributed by atoms with E-state index < -0.39 is 12.6 Å². The van der Waals surface area contributed by atoms with Crippen LogP contribution in [0.25, 0.3) is 22.7 Å². The Morgan fingerprint density at radius 3 is 2.69 bits per heavy atom. The number of aryl methyl sites for hydroxylation is 2. The van der Waals surface area contributed by atoms with Crippen LogP contribution in [-0.4, -0.2) is 32.6 Å². The van der Waals surface area contributed by atoms with Gasteiger partial charge in [-0.05, 0) is 60.7 Å². The first-order valence-corrected chi connectivity index (χ1v) is 10.2. The van der Waals surface area contributed by atoms with Crippen molar-refractivity contribution in [3.8, 4) is 29.0 Å². The topological polar surface area (TPSA) is 108 Å². The number of ether oxygens (including phenoxy) is 2. The van der Waals surface area contributed by atoms with E-state index >= 15 is 0 Å². The Balaban J connectivity index is 1.67. The van der Waals surface area contributed by atoms with E-state index in [1.54, 1.807) is 6.20 Å². The third-order valence-corrected chi connectivity index (χ3v) is 4.84. The molecule has 4 aromatic rings. The number of hydrogen-bond acceptors (Lipinski definition) is 7. The van der Waals surface area contributed by atoms with Crippen LogP contribution in [0, 0.1) is 13.8 Å². The quantitative estimate of drug-likeness (QED) is 0.419. The van der Waals surface area contributed by atoms with E-state index in [-0.39, 0.29) is 11.9 Å². The van der Waals surface area contributed by atoms with Crippen molar-refractivity contribution >= 4 is 17.2 Å². The largest absolute Gasteiger partial charge is 0.481 e. The van der Waals surface area contributed by atoms with Crippen LogP contribution in [0.5, 0.6) is 17.5 Å². The minimum atomic E-state index is -1.02. The lowest BCUT2D eigenvalue weighted by Gasteiger charge is -2.16. The number of aromatic nitrogens is 3. The van der Waals surface area contributed by atoms with E-state index in [1.807, 2.05) is 64.1 Å². The zero-order valence-electron chi connectivity index (χ0n) is 18.2. The zero-order valence-corrected chi connectivity index (χ0v) is 18.2. The van der Waals surface area contributed by atoms with Crippen LogP contribution < -0.4 is 9.47 Å². The number of rotatable bonds is 7. The number of oxazole rings is 1. The van der Waals surface area contributed by atoms with Gasteiger partial charge in [-0.15, -0.1) is 0 Å². The molecule has 0 aliphatic rings. The molecule has 0 spiro atoms. The highest BCUT2D eigenvalue weighted by Crippen LogP contribution is 2.35. The predicted molar refractivity (Wildman–Crippen MR) is 118 cm³/mol. The number of fused-ring (bicyclic) bond motifs is 1. The molecular weight excluding hydrogens is 410 g/mol. The van der Waals surface area contributed by atoms with Crippen molar-refractivity contribution < 1.29 is 23.8 Å². The second kappa shape index (κ2) is 8.66. The smallest absolute Gasteiger partial charge is 0.341 e. The van der Waals surface area contributed by atoms with Crippen LogP contribution in [0.4, 0.5) is 0 Å². The Morgan fingerprint density at radius 2 is 1.97 bits per heavy atom. The molecule has 8 heteroatoms. The van der Waals surface area contributed by atoms with Crippen molar-refractivity contribution in [2.24, 2.45) is 0 Å². The minimum Gasteiger partial charge on any atom is -0.481 e. The van der Waals surface area contributed by atoms with Crippen LogP contribution >= 0.6 is 0 Å². The molecule has 1 N–H and O–H groups in total. The first-order chi connectivity index (χ1) is 15.3. The van der Waals surface area contributed by atoms with E-state index in [4.69, 9.17) is 19.0 Å². The molecule has 32 heavy (non-hydrogen) atoms. The van der Waals surface area contributed by atoms with Crippen molar-refractivity contribution in [1.29, 1.82) is 0 Å². The lowest BCUT2D eigenvalue weighted by Crippen LogP contribution is -2.12. The van der Waals surface area contributed by atoms with Gasteiger partial charge in [0.05, 0.1) is 6.20 Å². The molecule has 0 bridgehead atoms. The van der Waals surface area contributed by atoms with Crippen molar-refractivity contribution in [1.82, 2.24) is 15.0 Å². The molecule has 164 valence electrons. The highest BCUT2D eigenvalue weighted by Gasteiger charge is 2.18. The van der Waals surface area contributed by atoms with Gasteiger partial charge in [0.25, 0.3) is 5.71 Å². The molecule has 2 heterocycles. The lowest BCUT2D eigenvalue weighted by molar-refractivity contribution is -0.139. The third kappa shape index (κ3) is 4.54. The van der Waals surface area contributed by atoms with E-state index in [2.05, 4.69) is 15.0 Å². The van der Waals surface area contributed by atoms with E-state index in [1.165, 1.54) is 0 Å². The molecule has 2 aromatic carbocycles. The Labute approximate surface area is 184 Å². The second-order valence-electron chi connectivity index (χ2n) is 7.83. The first-order valence-electron chi connectivity index (χ1n) is 10.2. The molecule has 0 aliphatic heterocycles. The van der Waals surface area contributed by atoms with Crippen molar-refractivity contribution in [2.75, 3.05) is 6.61 Å². The zero-order chi connectivity index (χ0) is 22.8. The number of nitrogens with zero attached hydrogens (tertiary/aromatic N) is 3.